The Morgan fingerprint density at radius 2 is 2.00 bits per heavy atom. The Labute approximate surface area is 165 Å². The monoisotopic (exact) mass is 556 g/mol. The molecule has 5 nitrogen and oxygen atoms in total. The summed E-state index contributed by atoms with van der Waals surface area (Å²) < 4.78 is 6.73. The molecular weight excluding hydrogens is 545 g/mol. The second-order valence-electron chi connectivity index (χ2n) is 4.37. The van der Waals surface area contributed by atoms with Crippen LogP contribution in [0.4, 0.5) is 0 Å². The van der Waals surface area contributed by atoms with Gasteiger partial charge in [-0.05, 0) is 81.1 Å². The molecule has 0 fully saturated rings. The number of carbonyl (C=O) groups is 1. The Balaban J connectivity index is 1.86. The van der Waals surface area contributed by atoms with Crippen molar-refractivity contribution in [3.8, 4) is 11.5 Å². The summed E-state index contributed by atoms with van der Waals surface area (Å²) in [5.41, 5.74) is 3.15. The number of amides is 1. The molecule has 2 N–H and O–H groups in total. The molecule has 8 heteroatoms. The highest BCUT2D eigenvalue weighted by molar-refractivity contribution is 14.1. The fraction of sp³-hybridized carbons (Fsp3) is 0.0667. The molecule has 0 bridgehead atoms. The minimum Gasteiger partial charge on any atom is -0.506 e. The third-order valence-electron chi connectivity index (χ3n) is 2.61. The summed E-state index contributed by atoms with van der Waals surface area (Å²) in [6.07, 6.45) is 1.50. The molecule has 23 heavy (non-hydrogen) atoms. The highest BCUT2D eigenvalue weighted by atomic mass is 127. The summed E-state index contributed by atoms with van der Waals surface area (Å²) >= 11 is 9.88. The standard InChI is InChI=1S/C15H11ClI2N2O3/c16-10-2-1-3-11(6-10)23-8-14(21)20-19-7-9-4-12(17)15(22)13(18)5-9/h1-7,22H,8H2,(H,20,21)/b19-7-. The molecule has 0 radical (unpaired) electrons. The van der Waals surface area contributed by atoms with Crippen molar-refractivity contribution in [2.75, 3.05) is 6.61 Å². The summed E-state index contributed by atoms with van der Waals surface area (Å²) in [4.78, 5) is 11.7. The van der Waals surface area contributed by atoms with Gasteiger partial charge in [0.15, 0.2) is 6.61 Å². The van der Waals surface area contributed by atoms with Crippen LogP contribution < -0.4 is 10.2 Å². The average Bonchev–Trinajstić information content (AvgIpc) is 2.50. The van der Waals surface area contributed by atoms with E-state index in [9.17, 15) is 9.90 Å². The van der Waals surface area contributed by atoms with Crippen molar-refractivity contribution in [2.24, 2.45) is 5.10 Å². The van der Waals surface area contributed by atoms with E-state index in [-0.39, 0.29) is 18.3 Å². The van der Waals surface area contributed by atoms with Crippen LogP contribution in [-0.2, 0) is 4.79 Å². The number of phenolic OH excluding ortho intramolecular Hbond substituents is 1. The van der Waals surface area contributed by atoms with E-state index < -0.39 is 0 Å². The number of aromatic hydroxyl groups is 1. The number of hydrogen-bond donors (Lipinski definition) is 2. The van der Waals surface area contributed by atoms with Gasteiger partial charge in [-0.25, -0.2) is 5.43 Å². The van der Waals surface area contributed by atoms with E-state index in [0.29, 0.717) is 17.9 Å². The Hall–Kier alpha value is -1.07. The van der Waals surface area contributed by atoms with Gasteiger partial charge >= 0.3 is 0 Å². The molecule has 0 atom stereocenters. The molecule has 1 amide bonds. The number of rotatable bonds is 5. The summed E-state index contributed by atoms with van der Waals surface area (Å²) in [5.74, 6) is 0.367. The van der Waals surface area contributed by atoms with Gasteiger partial charge in [0, 0.05) is 5.02 Å². The van der Waals surface area contributed by atoms with E-state index in [2.05, 4.69) is 10.5 Å². The summed E-state index contributed by atoms with van der Waals surface area (Å²) in [5, 5.41) is 14.1. The van der Waals surface area contributed by atoms with Gasteiger partial charge in [0.2, 0.25) is 0 Å². The molecule has 0 heterocycles. The number of ether oxygens (including phenoxy) is 1. The molecule has 0 spiro atoms. The SMILES string of the molecule is O=C(COc1cccc(Cl)c1)N/N=C\c1cc(I)c(O)c(I)c1. The topological polar surface area (TPSA) is 70.9 Å². The minimum atomic E-state index is -0.385. The van der Waals surface area contributed by atoms with Crippen molar-refractivity contribution in [1.29, 1.82) is 0 Å². The summed E-state index contributed by atoms with van der Waals surface area (Å²) in [6.45, 7) is -0.164. The third kappa shape index (κ3) is 5.81. The molecule has 2 aromatic carbocycles. The molecule has 2 rings (SSSR count). The maximum atomic E-state index is 11.7. The van der Waals surface area contributed by atoms with Crippen LogP contribution in [0.2, 0.25) is 5.02 Å². The van der Waals surface area contributed by atoms with E-state index in [0.717, 1.165) is 5.56 Å². The van der Waals surface area contributed by atoms with Gasteiger partial charge in [0.1, 0.15) is 11.5 Å². The fourth-order valence-corrected chi connectivity index (χ4v) is 3.57. The van der Waals surface area contributed by atoms with Crippen LogP contribution in [0.15, 0.2) is 41.5 Å². The van der Waals surface area contributed by atoms with Crippen LogP contribution in [0.1, 0.15) is 5.56 Å². The third-order valence-corrected chi connectivity index (χ3v) is 4.49. The van der Waals surface area contributed by atoms with Crippen molar-refractivity contribution in [1.82, 2.24) is 5.43 Å². The molecule has 0 aliphatic carbocycles. The van der Waals surface area contributed by atoms with Crippen LogP contribution in [0, 0.1) is 7.14 Å². The number of nitrogens with zero attached hydrogens (tertiary/aromatic N) is 1. The normalized spacial score (nSPS) is 10.7. The molecular formula is C15H11ClI2N2O3. The van der Waals surface area contributed by atoms with Crippen molar-refractivity contribution in [3.63, 3.8) is 0 Å². The van der Waals surface area contributed by atoms with Gasteiger partial charge < -0.3 is 9.84 Å². The van der Waals surface area contributed by atoms with E-state index >= 15 is 0 Å². The summed E-state index contributed by atoms with van der Waals surface area (Å²) in [7, 11) is 0. The molecule has 120 valence electrons. The first-order chi connectivity index (χ1) is 11.0. The Bertz CT molecular complexity index is 730. The number of hydrazone groups is 1. The maximum absolute atomic E-state index is 11.7. The number of carbonyl (C=O) groups excluding carboxylic acids is 1. The predicted octanol–water partition coefficient (Wildman–Crippen LogP) is 3.78. The number of benzene rings is 2. The van der Waals surface area contributed by atoms with Crippen LogP contribution in [-0.4, -0.2) is 23.8 Å². The Morgan fingerprint density at radius 1 is 1.30 bits per heavy atom. The Morgan fingerprint density at radius 3 is 2.65 bits per heavy atom. The largest absolute Gasteiger partial charge is 0.506 e. The first kappa shape index (κ1) is 18.3. The van der Waals surface area contributed by atoms with Gasteiger partial charge in [0.25, 0.3) is 5.91 Å². The molecule has 0 aromatic heterocycles. The smallest absolute Gasteiger partial charge is 0.277 e. The zero-order valence-corrected chi connectivity index (χ0v) is 16.7. The Kier molecular flexibility index (Phi) is 6.90. The van der Waals surface area contributed by atoms with E-state index in [1.807, 2.05) is 45.2 Å². The van der Waals surface area contributed by atoms with E-state index in [4.69, 9.17) is 16.3 Å². The number of nitrogens with one attached hydrogen (secondary N) is 1. The second kappa shape index (κ2) is 8.69. The molecule has 0 saturated carbocycles. The lowest BCUT2D eigenvalue weighted by Crippen LogP contribution is -2.24. The lowest BCUT2D eigenvalue weighted by Gasteiger charge is -2.05. The molecule has 0 saturated heterocycles. The van der Waals surface area contributed by atoms with Crippen molar-refractivity contribution in [3.05, 3.63) is 54.1 Å². The van der Waals surface area contributed by atoms with Crippen molar-refractivity contribution < 1.29 is 14.6 Å². The lowest BCUT2D eigenvalue weighted by atomic mass is 10.2. The molecule has 2 aromatic rings. The van der Waals surface area contributed by atoms with Gasteiger partial charge in [-0.15, -0.1) is 0 Å². The summed E-state index contributed by atoms with van der Waals surface area (Å²) in [6, 6.07) is 10.3. The zero-order chi connectivity index (χ0) is 16.8. The van der Waals surface area contributed by atoms with Gasteiger partial charge in [0.05, 0.1) is 13.4 Å². The molecule has 0 aliphatic rings. The minimum absolute atomic E-state index is 0.164. The number of phenols is 1. The van der Waals surface area contributed by atoms with Crippen molar-refractivity contribution >= 4 is 68.9 Å². The first-order valence-electron chi connectivity index (χ1n) is 6.34. The molecule has 0 aliphatic heterocycles. The quantitative estimate of drug-likeness (QED) is 0.335. The maximum Gasteiger partial charge on any atom is 0.277 e. The van der Waals surface area contributed by atoms with Gasteiger partial charge in [-0.1, -0.05) is 17.7 Å². The van der Waals surface area contributed by atoms with Crippen LogP contribution in [0.5, 0.6) is 11.5 Å². The van der Waals surface area contributed by atoms with Crippen LogP contribution >= 0.6 is 56.8 Å². The lowest BCUT2D eigenvalue weighted by molar-refractivity contribution is -0.123. The van der Waals surface area contributed by atoms with Crippen LogP contribution in [0.25, 0.3) is 0 Å². The van der Waals surface area contributed by atoms with Gasteiger partial charge in [-0.3, -0.25) is 4.79 Å². The van der Waals surface area contributed by atoms with Crippen LogP contribution in [0.3, 0.4) is 0 Å². The predicted molar refractivity (Wildman–Crippen MR) is 106 cm³/mol. The van der Waals surface area contributed by atoms with E-state index in [1.54, 1.807) is 36.4 Å². The fourth-order valence-electron chi connectivity index (χ4n) is 1.58. The molecule has 0 unspecified atom stereocenters. The second-order valence-corrected chi connectivity index (χ2v) is 7.13. The number of hydrogen-bond acceptors (Lipinski definition) is 4. The average molecular weight is 557 g/mol. The number of halogens is 3. The highest BCUT2D eigenvalue weighted by Gasteiger charge is 2.05. The highest BCUT2D eigenvalue weighted by Crippen LogP contribution is 2.26. The zero-order valence-electron chi connectivity index (χ0n) is 11.6. The van der Waals surface area contributed by atoms with Gasteiger partial charge in [-0.2, -0.15) is 5.10 Å². The van der Waals surface area contributed by atoms with Crippen molar-refractivity contribution in [2.45, 2.75) is 0 Å². The van der Waals surface area contributed by atoms with E-state index in [1.165, 1.54) is 6.21 Å². The first-order valence-corrected chi connectivity index (χ1v) is 8.87.